The van der Waals surface area contributed by atoms with Crippen molar-refractivity contribution in [1.82, 2.24) is 10.4 Å². The van der Waals surface area contributed by atoms with Crippen LogP contribution in [0.1, 0.15) is 33.6 Å². The number of amides is 2. The molecule has 6 nitrogen and oxygen atoms in total. The Morgan fingerprint density at radius 2 is 2.12 bits per heavy atom. The molecule has 1 aliphatic rings. The Morgan fingerprint density at radius 3 is 2.62 bits per heavy atom. The van der Waals surface area contributed by atoms with Gasteiger partial charge in [-0.2, -0.15) is 0 Å². The zero-order valence-electron chi connectivity index (χ0n) is 9.65. The maximum atomic E-state index is 11.5. The van der Waals surface area contributed by atoms with Crippen molar-refractivity contribution in [3.05, 3.63) is 0 Å². The summed E-state index contributed by atoms with van der Waals surface area (Å²) in [5.41, 5.74) is 2.45. The number of ether oxygens (including phenoxy) is 1. The van der Waals surface area contributed by atoms with Crippen LogP contribution in [0.15, 0.2) is 0 Å². The summed E-state index contributed by atoms with van der Waals surface area (Å²) in [6.45, 7) is 4.36. The molecule has 1 saturated heterocycles. The molecule has 2 atom stereocenters. The first-order chi connectivity index (χ1) is 7.41. The monoisotopic (exact) mass is 228 g/mol. The van der Waals surface area contributed by atoms with Gasteiger partial charge in [0.15, 0.2) is 0 Å². The van der Waals surface area contributed by atoms with Crippen LogP contribution in [0.3, 0.4) is 0 Å². The third-order valence-electron chi connectivity index (χ3n) is 2.43. The first-order valence-corrected chi connectivity index (χ1v) is 5.18. The summed E-state index contributed by atoms with van der Waals surface area (Å²) in [4.78, 5) is 33.2. The SMILES string of the molecule is CC(=O)NN1C(=O)CCC1C(C)OC(C)=O. The fourth-order valence-electron chi connectivity index (χ4n) is 1.81. The van der Waals surface area contributed by atoms with E-state index in [2.05, 4.69) is 5.43 Å². The van der Waals surface area contributed by atoms with Crippen LogP contribution in [-0.4, -0.2) is 34.9 Å². The minimum atomic E-state index is -0.421. The minimum absolute atomic E-state index is 0.154. The van der Waals surface area contributed by atoms with Crippen LogP contribution in [-0.2, 0) is 19.1 Å². The lowest BCUT2D eigenvalue weighted by molar-refractivity contribution is -0.152. The normalized spacial score (nSPS) is 21.8. The van der Waals surface area contributed by atoms with Crippen LogP contribution in [0, 0.1) is 0 Å². The molecule has 0 aromatic carbocycles. The van der Waals surface area contributed by atoms with Crippen molar-refractivity contribution < 1.29 is 19.1 Å². The molecule has 0 bridgehead atoms. The van der Waals surface area contributed by atoms with Gasteiger partial charge >= 0.3 is 5.97 Å². The van der Waals surface area contributed by atoms with Gasteiger partial charge in [-0.1, -0.05) is 0 Å². The van der Waals surface area contributed by atoms with Gasteiger partial charge < -0.3 is 4.74 Å². The summed E-state index contributed by atoms with van der Waals surface area (Å²) in [5, 5.41) is 1.26. The van der Waals surface area contributed by atoms with Gasteiger partial charge in [0.2, 0.25) is 11.8 Å². The Labute approximate surface area is 93.9 Å². The van der Waals surface area contributed by atoms with Crippen LogP contribution in [0.5, 0.6) is 0 Å². The average molecular weight is 228 g/mol. The number of rotatable bonds is 3. The van der Waals surface area contributed by atoms with Crippen molar-refractivity contribution in [2.24, 2.45) is 0 Å². The molecule has 0 aromatic heterocycles. The predicted octanol–water partition coefficient (Wildman–Crippen LogP) is -0.0199. The second kappa shape index (κ2) is 4.96. The lowest BCUT2D eigenvalue weighted by Crippen LogP contribution is -2.51. The number of carbonyl (C=O) groups is 3. The lowest BCUT2D eigenvalue weighted by atomic mass is 10.1. The topological polar surface area (TPSA) is 75.7 Å². The Balaban J connectivity index is 2.67. The van der Waals surface area contributed by atoms with Gasteiger partial charge in [0.05, 0.1) is 6.04 Å². The second-order valence-corrected chi connectivity index (χ2v) is 3.85. The number of hydrogen-bond acceptors (Lipinski definition) is 4. The number of hydrogen-bond donors (Lipinski definition) is 1. The maximum absolute atomic E-state index is 11.5. The summed E-state index contributed by atoms with van der Waals surface area (Å²) >= 11 is 0. The van der Waals surface area contributed by atoms with E-state index in [1.54, 1.807) is 6.92 Å². The van der Waals surface area contributed by atoms with E-state index in [0.717, 1.165) is 0 Å². The third kappa shape index (κ3) is 2.95. The first-order valence-electron chi connectivity index (χ1n) is 5.18. The highest BCUT2D eigenvalue weighted by Crippen LogP contribution is 2.21. The summed E-state index contributed by atoms with van der Waals surface area (Å²) in [6.07, 6.45) is 0.514. The molecule has 1 fully saturated rings. The highest BCUT2D eigenvalue weighted by molar-refractivity contribution is 5.82. The maximum Gasteiger partial charge on any atom is 0.302 e. The zero-order valence-corrected chi connectivity index (χ0v) is 9.65. The molecule has 0 aromatic rings. The number of carbonyl (C=O) groups excluding carboxylic acids is 3. The largest absolute Gasteiger partial charge is 0.461 e. The summed E-state index contributed by atoms with van der Waals surface area (Å²) in [6, 6.07) is -0.278. The third-order valence-corrected chi connectivity index (χ3v) is 2.43. The number of esters is 1. The van der Waals surface area contributed by atoms with Crippen LogP contribution < -0.4 is 5.43 Å². The molecule has 0 aliphatic carbocycles. The van der Waals surface area contributed by atoms with Crippen LogP contribution in [0.2, 0.25) is 0 Å². The zero-order chi connectivity index (χ0) is 12.3. The summed E-state index contributed by atoms with van der Waals surface area (Å²) in [7, 11) is 0. The van der Waals surface area contributed by atoms with Gasteiger partial charge in [-0.05, 0) is 13.3 Å². The van der Waals surface area contributed by atoms with Gasteiger partial charge in [-0.25, -0.2) is 5.01 Å². The molecular weight excluding hydrogens is 212 g/mol. The van der Waals surface area contributed by atoms with E-state index in [-0.39, 0.29) is 17.9 Å². The van der Waals surface area contributed by atoms with Gasteiger partial charge in [-0.3, -0.25) is 19.8 Å². The molecule has 1 rings (SSSR count). The summed E-state index contributed by atoms with van der Waals surface area (Å²) < 4.78 is 5.01. The number of nitrogens with zero attached hydrogens (tertiary/aromatic N) is 1. The molecule has 2 amide bonds. The second-order valence-electron chi connectivity index (χ2n) is 3.85. The Morgan fingerprint density at radius 1 is 1.50 bits per heavy atom. The van der Waals surface area contributed by atoms with Crippen LogP contribution in [0.25, 0.3) is 0 Å². The van der Waals surface area contributed by atoms with Crippen molar-refractivity contribution >= 4 is 17.8 Å². The van der Waals surface area contributed by atoms with Crippen molar-refractivity contribution in [2.75, 3.05) is 0 Å². The Hall–Kier alpha value is -1.59. The van der Waals surface area contributed by atoms with Crippen molar-refractivity contribution in [3.8, 4) is 0 Å². The predicted molar refractivity (Wildman–Crippen MR) is 54.9 cm³/mol. The van der Waals surface area contributed by atoms with E-state index in [1.165, 1.54) is 18.9 Å². The molecule has 1 N–H and O–H groups in total. The van der Waals surface area contributed by atoms with E-state index < -0.39 is 12.1 Å². The minimum Gasteiger partial charge on any atom is -0.461 e. The molecule has 2 unspecified atom stereocenters. The lowest BCUT2D eigenvalue weighted by Gasteiger charge is -2.28. The Bertz CT molecular complexity index is 316. The van der Waals surface area contributed by atoms with Crippen LogP contribution >= 0.6 is 0 Å². The highest BCUT2D eigenvalue weighted by Gasteiger charge is 2.36. The molecule has 1 heterocycles. The van der Waals surface area contributed by atoms with Gasteiger partial charge in [0.25, 0.3) is 0 Å². The molecule has 6 heteroatoms. The van der Waals surface area contributed by atoms with Crippen molar-refractivity contribution in [3.63, 3.8) is 0 Å². The molecular formula is C10H16N2O4. The van der Waals surface area contributed by atoms with E-state index in [4.69, 9.17) is 4.74 Å². The summed E-state index contributed by atoms with van der Waals surface area (Å²) in [5.74, 6) is -0.857. The molecule has 90 valence electrons. The Kier molecular flexibility index (Phi) is 3.87. The van der Waals surface area contributed by atoms with Gasteiger partial charge in [-0.15, -0.1) is 0 Å². The number of nitrogens with one attached hydrogen (secondary N) is 1. The molecule has 0 saturated carbocycles. The number of hydrazine groups is 1. The van der Waals surface area contributed by atoms with Crippen molar-refractivity contribution in [1.29, 1.82) is 0 Å². The van der Waals surface area contributed by atoms with E-state index in [1.807, 2.05) is 0 Å². The molecule has 16 heavy (non-hydrogen) atoms. The quantitative estimate of drug-likeness (QED) is 0.689. The average Bonchev–Trinajstić information content (AvgIpc) is 2.46. The smallest absolute Gasteiger partial charge is 0.302 e. The fourth-order valence-corrected chi connectivity index (χ4v) is 1.81. The fraction of sp³-hybridized carbons (Fsp3) is 0.700. The highest BCUT2D eigenvalue weighted by atomic mass is 16.5. The van der Waals surface area contributed by atoms with Crippen molar-refractivity contribution in [2.45, 2.75) is 45.8 Å². The van der Waals surface area contributed by atoms with E-state index >= 15 is 0 Å². The molecule has 0 spiro atoms. The standard InChI is InChI=1S/C10H16N2O4/c1-6(16-8(3)14)9-4-5-10(15)12(9)11-7(2)13/h6,9H,4-5H2,1-3H3,(H,11,13). The van der Waals surface area contributed by atoms with Gasteiger partial charge in [0, 0.05) is 20.3 Å². The first kappa shape index (κ1) is 12.5. The van der Waals surface area contributed by atoms with Crippen LogP contribution in [0.4, 0.5) is 0 Å². The van der Waals surface area contributed by atoms with E-state index in [0.29, 0.717) is 12.8 Å². The molecule has 1 aliphatic heterocycles. The molecule has 0 radical (unpaired) electrons. The van der Waals surface area contributed by atoms with E-state index in [9.17, 15) is 14.4 Å². The van der Waals surface area contributed by atoms with Gasteiger partial charge in [0.1, 0.15) is 6.10 Å².